The zero-order chi connectivity index (χ0) is 10.6. The van der Waals surface area contributed by atoms with E-state index >= 15 is 0 Å². The molecule has 15 heavy (non-hydrogen) atoms. The van der Waals surface area contributed by atoms with Crippen LogP contribution in [0.1, 0.15) is 44.9 Å². The van der Waals surface area contributed by atoms with Gasteiger partial charge in [-0.15, -0.1) is 11.6 Å². The van der Waals surface area contributed by atoms with Crippen molar-refractivity contribution in [3.05, 3.63) is 0 Å². The molecule has 2 fully saturated rings. The van der Waals surface area contributed by atoms with Gasteiger partial charge in [0.25, 0.3) is 0 Å². The van der Waals surface area contributed by atoms with E-state index in [0.717, 1.165) is 12.3 Å². The Morgan fingerprint density at radius 3 is 2.80 bits per heavy atom. The Labute approximate surface area is 102 Å². The van der Waals surface area contributed by atoms with Gasteiger partial charge >= 0.3 is 0 Å². The van der Waals surface area contributed by atoms with Crippen LogP contribution in [0.25, 0.3) is 0 Å². The first-order valence-corrected chi connectivity index (χ1v) is 7.85. The smallest absolute Gasteiger partial charge is 0.0687 e. The van der Waals surface area contributed by atoms with Gasteiger partial charge in [0, 0.05) is 11.6 Å². The number of halogens is 1. The molecule has 1 atom stereocenters. The first kappa shape index (κ1) is 12.1. The summed E-state index contributed by atoms with van der Waals surface area (Å²) in [7, 11) is 0. The Balaban J connectivity index is 1.64. The highest BCUT2D eigenvalue weighted by molar-refractivity contribution is 7.99. The third-order valence-corrected chi connectivity index (χ3v) is 5.03. The highest BCUT2D eigenvalue weighted by Crippen LogP contribution is 2.43. The molecular formula is C12H21ClOS. The van der Waals surface area contributed by atoms with Crippen LogP contribution in [0, 0.1) is 0 Å². The van der Waals surface area contributed by atoms with Crippen molar-refractivity contribution in [2.75, 3.05) is 17.4 Å². The minimum absolute atomic E-state index is 0.317. The van der Waals surface area contributed by atoms with Crippen molar-refractivity contribution in [2.24, 2.45) is 0 Å². The van der Waals surface area contributed by atoms with Crippen molar-refractivity contribution in [3.63, 3.8) is 0 Å². The number of ether oxygens (including phenoxy) is 1. The molecule has 0 aromatic rings. The Morgan fingerprint density at radius 2 is 2.07 bits per heavy atom. The molecule has 0 bridgehead atoms. The molecule has 0 radical (unpaired) electrons. The zero-order valence-electron chi connectivity index (χ0n) is 9.34. The van der Waals surface area contributed by atoms with Gasteiger partial charge in [-0.2, -0.15) is 11.8 Å². The molecule has 0 N–H and O–H groups in total. The standard InChI is InChI=1S/C12H21ClOS/c13-8-3-9-15-10-11-4-7-12(14-11)5-1-2-6-12/h11H,1-10H2. The first-order chi connectivity index (χ1) is 7.35. The molecule has 0 aromatic carbocycles. The van der Waals surface area contributed by atoms with Gasteiger partial charge < -0.3 is 4.74 Å². The molecule has 88 valence electrons. The Hall–Kier alpha value is 0.600. The number of hydrogen-bond acceptors (Lipinski definition) is 2. The number of thioether (sulfide) groups is 1. The highest BCUT2D eigenvalue weighted by Gasteiger charge is 2.41. The van der Waals surface area contributed by atoms with Crippen LogP contribution < -0.4 is 0 Å². The monoisotopic (exact) mass is 248 g/mol. The lowest BCUT2D eigenvalue weighted by Gasteiger charge is -2.23. The van der Waals surface area contributed by atoms with Crippen molar-refractivity contribution in [2.45, 2.75) is 56.7 Å². The lowest BCUT2D eigenvalue weighted by atomic mass is 9.98. The summed E-state index contributed by atoms with van der Waals surface area (Å²) >= 11 is 7.66. The second-order valence-corrected chi connectivity index (χ2v) is 6.31. The number of rotatable bonds is 5. The van der Waals surface area contributed by atoms with E-state index in [1.165, 1.54) is 50.0 Å². The lowest BCUT2D eigenvalue weighted by Crippen LogP contribution is -2.25. The zero-order valence-corrected chi connectivity index (χ0v) is 10.9. The summed E-state index contributed by atoms with van der Waals surface area (Å²) in [6.45, 7) is 0. The average molecular weight is 249 g/mol. The Kier molecular flexibility index (Phi) is 4.66. The van der Waals surface area contributed by atoms with Crippen LogP contribution >= 0.6 is 23.4 Å². The summed E-state index contributed by atoms with van der Waals surface area (Å²) in [5, 5.41) is 0. The second-order valence-electron chi connectivity index (χ2n) is 4.79. The maximum absolute atomic E-state index is 6.24. The molecule has 1 heterocycles. The fourth-order valence-electron chi connectivity index (χ4n) is 2.77. The molecule has 1 aliphatic carbocycles. The fraction of sp³-hybridized carbons (Fsp3) is 1.00. The molecular weight excluding hydrogens is 228 g/mol. The maximum atomic E-state index is 6.24. The maximum Gasteiger partial charge on any atom is 0.0687 e. The third-order valence-electron chi connectivity index (χ3n) is 3.58. The van der Waals surface area contributed by atoms with Crippen molar-refractivity contribution in [1.82, 2.24) is 0 Å². The van der Waals surface area contributed by atoms with Crippen molar-refractivity contribution < 1.29 is 4.74 Å². The van der Waals surface area contributed by atoms with Gasteiger partial charge in [0.2, 0.25) is 0 Å². The molecule has 3 heteroatoms. The van der Waals surface area contributed by atoms with Crippen LogP contribution in [0.5, 0.6) is 0 Å². The predicted molar refractivity (Wildman–Crippen MR) is 68.0 cm³/mol. The SMILES string of the molecule is ClCCCSCC1CCC2(CCCC2)O1. The van der Waals surface area contributed by atoms with Gasteiger partial charge in [-0.1, -0.05) is 12.8 Å². The lowest BCUT2D eigenvalue weighted by molar-refractivity contribution is -0.0267. The Morgan fingerprint density at radius 1 is 1.27 bits per heavy atom. The van der Waals surface area contributed by atoms with E-state index in [9.17, 15) is 0 Å². The summed E-state index contributed by atoms with van der Waals surface area (Å²) in [4.78, 5) is 0. The van der Waals surface area contributed by atoms with Crippen molar-refractivity contribution in [1.29, 1.82) is 0 Å². The van der Waals surface area contributed by atoms with E-state index in [4.69, 9.17) is 16.3 Å². The van der Waals surface area contributed by atoms with Crippen LogP contribution in [0.15, 0.2) is 0 Å². The minimum atomic E-state index is 0.317. The van der Waals surface area contributed by atoms with E-state index in [0.29, 0.717) is 11.7 Å². The third kappa shape index (κ3) is 3.28. The molecule has 1 nitrogen and oxygen atoms in total. The first-order valence-electron chi connectivity index (χ1n) is 6.16. The molecule has 0 amide bonds. The summed E-state index contributed by atoms with van der Waals surface area (Å²) in [6, 6.07) is 0. The van der Waals surface area contributed by atoms with E-state index in [2.05, 4.69) is 0 Å². The summed E-state index contributed by atoms with van der Waals surface area (Å²) in [6.07, 6.45) is 9.65. The van der Waals surface area contributed by atoms with Crippen LogP contribution in [-0.4, -0.2) is 29.1 Å². The minimum Gasteiger partial charge on any atom is -0.371 e. The predicted octanol–water partition coefficient (Wildman–Crippen LogP) is 3.84. The van der Waals surface area contributed by atoms with Crippen LogP contribution in [0.3, 0.4) is 0 Å². The molecule has 2 rings (SSSR count). The Bertz CT molecular complexity index is 192. The van der Waals surface area contributed by atoms with E-state index in [1.807, 2.05) is 11.8 Å². The molecule has 1 spiro atoms. The second kappa shape index (κ2) is 5.79. The van der Waals surface area contributed by atoms with Gasteiger partial charge in [-0.3, -0.25) is 0 Å². The van der Waals surface area contributed by atoms with Crippen molar-refractivity contribution >= 4 is 23.4 Å². The van der Waals surface area contributed by atoms with Gasteiger partial charge in [-0.25, -0.2) is 0 Å². The average Bonchev–Trinajstić information content (AvgIpc) is 2.85. The highest BCUT2D eigenvalue weighted by atomic mass is 35.5. The van der Waals surface area contributed by atoms with Crippen molar-refractivity contribution in [3.8, 4) is 0 Å². The number of hydrogen-bond donors (Lipinski definition) is 0. The largest absolute Gasteiger partial charge is 0.371 e. The quantitative estimate of drug-likeness (QED) is 0.540. The van der Waals surface area contributed by atoms with Gasteiger partial charge in [0.1, 0.15) is 0 Å². The number of alkyl halides is 1. The van der Waals surface area contributed by atoms with Gasteiger partial charge in [0.05, 0.1) is 11.7 Å². The molecule has 1 saturated carbocycles. The van der Waals surface area contributed by atoms with Crippen LogP contribution in [0.2, 0.25) is 0 Å². The molecule has 1 unspecified atom stereocenters. The fourth-order valence-corrected chi connectivity index (χ4v) is 4.08. The molecule has 0 aromatic heterocycles. The molecule has 2 aliphatic rings. The summed E-state index contributed by atoms with van der Waals surface area (Å²) in [5.41, 5.74) is 0.317. The summed E-state index contributed by atoms with van der Waals surface area (Å²) in [5.74, 6) is 3.16. The van der Waals surface area contributed by atoms with E-state index in [-0.39, 0.29) is 0 Å². The van der Waals surface area contributed by atoms with Gasteiger partial charge in [-0.05, 0) is 37.9 Å². The molecule has 1 saturated heterocycles. The summed E-state index contributed by atoms with van der Waals surface area (Å²) < 4.78 is 6.24. The molecule has 1 aliphatic heterocycles. The van der Waals surface area contributed by atoms with Crippen LogP contribution in [0.4, 0.5) is 0 Å². The topological polar surface area (TPSA) is 9.23 Å². The van der Waals surface area contributed by atoms with E-state index < -0.39 is 0 Å². The van der Waals surface area contributed by atoms with Crippen LogP contribution in [-0.2, 0) is 4.74 Å². The van der Waals surface area contributed by atoms with Gasteiger partial charge in [0.15, 0.2) is 0 Å². The van der Waals surface area contributed by atoms with E-state index in [1.54, 1.807) is 0 Å². The normalized spacial score (nSPS) is 29.0.